The third-order valence-electron chi connectivity index (χ3n) is 16.0. The molecule has 0 aromatic heterocycles. The molecule has 80 heavy (non-hydrogen) atoms. The smallest absolute Gasteiger partial charge is 0.329 e. The van der Waals surface area contributed by atoms with E-state index in [4.69, 9.17) is 14.2 Å². The molecule has 0 saturated carbocycles. The molecule has 1 aromatic rings. The molecule has 3 aliphatic heterocycles. The Morgan fingerprint density at radius 2 is 1.46 bits per heavy atom. The van der Waals surface area contributed by atoms with Gasteiger partial charge in [0.25, 0.3) is 5.91 Å². The molecule has 0 radical (unpaired) electrons. The van der Waals surface area contributed by atoms with Crippen molar-refractivity contribution in [3.8, 4) is 5.75 Å². The maximum Gasteiger partial charge on any atom is 0.329 e. The maximum absolute atomic E-state index is 15.0. The van der Waals surface area contributed by atoms with Crippen molar-refractivity contribution in [2.24, 2.45) is 29.6 Å². The molecule has 22 heteroatoms. The number of nitrogens with one attached hydrogen (secondary N) is 3. The molecule has 14 atom stereocenters. The molecule has 5 N–H and O–H groups in total. The minimum absolute atomic E-state index is 0.0723. The van der Waals surface area contributed by atoms with E-state index in [1.165, 1.54) is 61.6 Å². The number of esters is 2. The van der Waals surface area contributed by atoms with Crippen LogP contribution in [-0.2, 0) is 63.8 Å². The van der Waals surface area contributed by atoms with Crippen molar-refractivity contribution >= 4 is 59.1 Å². The summed E-state index contributed by atoms with van der Waals surface area (Å²) < 4.78 is 17.3. The van der Waals surface area contributed by atoms with Crippen molar-refractivity contribution in [2.75, 3.05) is 34.3 Å². The highest BCUT2D eigenvalue weighted by molar-refractivity contribution is 6.05. The molecule has 1 unspecified atom stereocenters. The van der Waals surface area contributed by atoms with Crippen molar-refractivity contribution in [1.82, 2.24) is 35.6 Å². The van der Waals surface area contributed by atoms with Crippen molar-refractivity contribution in [3.05, 3.63) is 29.8 Å². The molecule has 7 amide bonds. The van der Waals surface area contributed by atoms with Gasteiger partial charge in [0.1, 0.15) is 54.2 Å². The van der Waals surface area contributed by atoms with Crippen LogP contribution in [0.25, 0.3) is 0 Å². The summed E-state index contributed by atoms with van der Waals surface area (Å²) in [7, 11) is 4.30. The van der Waals surface area contributed by atoms with Gasteiger partial charge < -0.3 is 60.0 Å². The molecule has 3 saturated heterocycles. The molecular weight excluding hydrogens is 1030 g/mol. The number of hydrogen-bond donors (Lipinski definition) is 5. The Morgan fingerprint density at radius 3 is 2.04 bits per heavy atom. The third-order valence-corrected chi connectivity index (χ3v) is 16.0. The first-order valence-electron chi connectivity index (χ1n) is 28.6. The molecule has 1 aromatic carbocycles. The number of likely N-dealkylation sites (tertiary alicyclic amines) is 1. The van der Waals surface area contributed by atoms with Gasteiger partial charge in [-0.15, -0.1) is 0 Å². The van der Waals surface area contributed by atoms with E-state index >= 15 is 4.79 Å². The highest BCUT2D eigenvalue weighted by Gasteiger charge is 2.46. The largest absolute Gasteiger partial charge is 0.497 e. The molecular formula is C58H91N7O15. The van der Waals surface area contributed by atoms with E-state index in [1.807, 2.05) is 27.7 Å². The summed E-state index contributed by atoms with van der Waals surface area (Å²) in [5.41, 5.74) is 0.572. The minimum Gasteiger partial charge on any atom is -0.497 e. The lowest BCUT2D eigenvalue weighted by Gasteiger charge is -2.36. The predicted molar refractivity (Wildman–Crippen MR) is 295 cm³/mol. The zero-order valence-corrected chi connectivity index (χ0v) is 49.5. The van der Waals surface area contributed by atoms with E-state index in [0.717, 1.165) is 0 Å². The number of hydrogen-bond acceptors (Lipinski definition) is 15. The number of methoxy groups -OCH3 is 1. The van der Waals surface area contributed by atoms with Crippen LogP contribution in [0.5, 0.6) is 5.75 Å². The first-order valence-corrected chi connectivity index (χ1v) is 28.6. The van der Waals surface area contributed by atoms with Crippen molar-refractivity contribution in [2.45, 2.75) is 207 Å². The van der Waals surface area contributed by atoms with Crippen LogP contribution >= 0.6 is 0 Å². The Bertz CT molecular complexity index is 2350. The number of nitrogens with zero attached hydrogens (tertiary/aromatic N) is 4. The van der Waals surface area contributed by atoms with Crippen LogP contribution in [0.4, 0.5) is 0 Å². The molecule has 3 fully saturated rings. The molecule has 448 valence electrons. The second kappa shape index (κ2) is 30.1. The summed E-state index contributed by atoms with van der Waals surface area (Å²) in [4.78, 5) is 149. The van der Waals surface area contributed by atoms with Gasteiger partial charge in [-0.1, -0.05) is 73.9 Å². The zero-order valence-electron chi connectivity index (χ0n) is 49.5. The highest BCUT2D eigenvalue weighted by atomic mass is 16.6. The van der Waals surface area contributed by atoms with Gasteiger partial charge in [0.05, 0.1) is 31.6 Å². The van der Waals surface area contributed by atoms with Crippen LogP contribution in [-0.4, -0.2) is 190 Å². The summed E-state index contributed by atoms with van der Waals surface area (Å²) in [6.07, 6.45) is -4.63. The number of rotatable bonds is 16. The van der Waals surface area contributed by atoms with Gasteiger partial charge in [-0.05, 0) is 101 Å². The fraction of sp³-hybridized carbons (Fsp3) is 0.724. The van der Waals surface area contributed by atoms with Crippen LogP contribution in [0, 0.1) is 29.6 Å². The number of carbonyl (C=O) groups excluding carboxylic acids is 10. The number of ether oxygens (including phenoxy) is 3. The summed E-state index contributed by atoms with van der Waals surface area (Å²) in [5.74, 6) is -10.2. The first kappa shape index (κ1) is 66.4. The molecule has 3 heterocycles. The first-order chi connectivity index (χ1) is 37.6. The number of cyclic esters (lactones) is 2. The van der Waals surface area contributed by atoms with Gasteiger partial charge in [0.15, 0.2) is 11.9 Å². The fourth-order valence-electron chi connectivity index (χ4n) is 10.7. The van der Waals surface area contributed by atoms with Gasteiger partial charge in [-0.2, -0.15) is 0 Å². The van der Waals surface area contributed by atoms with Crippen LogP contribution in [0.2, 0.25) is 0 Å². The van der Waals surface area contributed by atoms with E-state index in [-0.39, 0.29) is 57.0 Å². The Labute approximate surface area is 472 Å². The Kier molecular flexibility index (Phi) is 24.9. The van der Waals surface area contributed by atoms with E-state index < -0.39 is 150 Å². The van der Waals surface area contributed by atoms with Gasteiger partial charge in [0.2, 0.25) is 35.4 Å². The lowest BCUT2D eigenvalue weighted by atomic mass is 9.90. The second-order valence-corrected chi connectivity index (χ2v) is 23.1. The Hall–Kier alpha value is -6.16. The molecule has 0 aliphatic carbocycles. The minimum atomic E-state index is -1.76. The van der Waals surface area contributed by atoms with Crippen molar-refractivity contribution < 1.29 is 72.4 Å². The molecule has 4 rings (SSSR count). The Balaban J connectivity index is 1.90. The van der Waals surface area contributed by atoms with Crippen LogP contribution in [0.15, 0.2) is 24.3 Å². The standard InChI is InChI=1S/C58H91N7O15/c1-15-33(7)47-45(67)30-46(68)80-50(34(8)16-2)49(69)35(9)51(70)59-40(27-31(3)4)55(74)65-26-18-20-42(65)57(76)63(13)44(29-38-21-23-39(78-14)24-22-38)58(77)79-37(11)48(53(72)60-47)61-52(71)43(28-32(5)6)62(12)56(75)41-19-17-25-64(41)54(73)36(10)66/h21-24,31-37,40-45,47-48,50,66-67H,15-20,25-30H2,1-14H3,(H,59,70)(H,60,72)(H,61,71)/t33-,34?,35-,36-,37+,40-,41-,42-,43+,44-,45-,47+,48+,50-/m0/s1. The number of carbonyl (C=O) groups is 10. The van der Waals surface area contributed by atoms with Gasteiger partial charge in [-0.25, -0.2) is 4.79 Å². The number of aliphatic hydroxyl groups is 2. The van der Waals surface area contributed by atoms with Crippen molar-refractivity contribution in [1.29, 1.82) is 0 Å². The summed E-state index contributed by atoms with van der Waals surface area (Å²) in [6, 6.07) is -2.18. The van der Waals surface area contributed by atoms with E-state index in [0.29, 0.717) is 37.0 Å². The van der Waals surface area contributed by atoms with Crippen LogP contribution < -0.4 is 20.7 Å². The molecule has 22 nitrogen and oxygen atoms in total. The number of fused-ring (bicyclic) bond motifs is 1. The average molecular weight is 1130 g/mol. The fourth-order valence-corrected chi connectivity index (χ4v) is 10.7. The van der Waals surface area contributed by atoms with Crippen LogP contribution in [0.1, 0.15) is 140 Å². The number of Topliss-reactive ketones (excluding diaryl/α,β-unsaturated/α-hetero) is 1. The SMILES string of the molecule is CCC(C)[C@@H]1OC(=O)C[C@H](O)[C@@H]([C@@H](C)CC)NC(=O)[C@H](NC(=O)[C@@H](CC(C)C)N(C)C(=O)[C@@H]2CCCN2C(=O)[C@H](C)O)[C@@H](C)OC(=O)[C@H](Cc2ccc(OC)cc2)N(C)C(=O)[C@@H]2CCCN2C(=O)[C@H](CC(C)C)NC(=O)[C@@H](C)C1=O. The highest BCUT2D eigenvalue weighted by Crippen LogP contribution is 2.28. The zero-order chi connectivity index (χ0) is 60.0. The van der Waals surface area contributed by atoms with Gasteiger partial charge in [-0.3, -0.25) is 43.2 Å². The number of amides is 7. The number of aliphatic hydroxyl groups excluding tert-OH is 2. The monoisotopic (exact) mass is 1130 g/mol. The van der Waals surface area contributed by atoms with Gasteiger partial charge >= 0.3 is 11.9 Å². The predicted octanol–water partition coefficient (Wildman–Crippen LogP) is 2.71. The number of likely N-dealkylation sites (N-methyl/N-ethyl adjacent to an activating group) is 2. The van der Waals surface area contributed by atoms with E-state index in [2.05, 4.69) is 16.0 Å². The van der Waals surface area contributed by atoms with E-state index in [9.17, 15) is 53.4 Å². The lowest BCUT2D eigenvalue weighted by molar-refractivity contribution is -0.163. The lowest BCUT2D eigenvalue weighted by Crippen LogP contribution is -2.62. The molecule has 3 aliphatic rings. The maximum atomic E-state index is 15.0. The number of ketones is 1. The molecule has 0 bridgehead atoms. The number of benzene rings is 1. The quantitative estimate of drug-likeness (QED) is 0.118. The summed E-state index contributed by atoms with van der Waals surface area (Å²) in [6.45, 7) is 18.7. The summed E-state index contributed by atoms with van der Waals surface area (Å²) >= 11 is 0. The second-order valence-electron chi connectivity index (χ2n) is 23.1. The van der Waals surface area contributed by atoms with E-state index in [1.54, 1.807) is 52.0 Å². The molecule has 0 spiro atoms. The topological polar surface area (TPSA) is 288 Å². The summed E-state index contributed by atoms with van der Waals surface area (Å²) in [5, 5.41) is 30.3. The Morgan fingerprint density at radius 1 is 0.838 bits per heavy atom. The van der Waals surface area contributed by atoms with Crippen LogP contribution in [0.3, 0.4) is 0 Å². The van der Waals surface area contributed by atoms with Gasteiger partial charge in [0, 0.05) is 39.5 Å². The van der Waals surface area contributed by atoms with Crippen molar-refractivity contribution in [3.63, 3.8) is 0 Å². The average Bonchev–Trinajstić information content (AvgIpc) is 4.18. The third kappa shape index (κ3) is 17.0. The normalized spacial score (nSPS) is 27.8.